The summed E-state index contributed by atoms with van der Waals surface area (Å²) in [4.78, 5) is 15.8. The molecule has 1 aromatic heterocycles. The van der Waals surface area contributed by atoms with Crippen molar-refractivity contribution in [2.75, 3.05) is 32.4 Å². The van der Waals surface area contributed by atoms with Crippen LogP contribution in [0.1, 0.15) is 5.56 Å². The van der Waals surface area contributed by atoms with E-state index in [0.717, 1.165) is 24.0 Å². The first-order valence-electron chi connectivity index (χ1n) is 7.54. The number of aromatic nitrogens is 1. The lowest BCUT2D eigenvalue weighted by molar-refractivity contribution is -0.137. The summed E-state index contributed by atoms with van der Waals surface area (Å²) in [6, 6.07) is 5.28. The average Bonchev–Trinajstić information content (AvgIpc) is 2.65. The predicted molar refractivity (Wildman–Crippen MR) is 94.7 cm³/mol. The number of carbonyl (C=O) groups is 1. The van der Waals surface area contributed by atoms with Gasteiger partial charge in [0.1, 0.15) is 0 Å². The lowest BCUT2D eigenvalue weighted by atomic mass is 10.2. The van der Waals surface area contributed by atoms with Crippen LogP contribution in [0.25, 0.3) is 0 Å². The van der Waals surface area contributed by atoms with Crippen LogP contribution in [0, 0.1) is 0 Å². The van der Waals surface area contributed by atoms with Gasteiger partial charge < -0.3 is 19.5 Å². The molecule has 146 valence electrons. The van der Waals surface area contributed by atoms with Crippen LogP contribution in [0.4, 0.5) is 18.9 Å². The third kappa shape index (κ3) is 5.43. The van der Waals surface area contributed by atoms with Crippen LogP contribution < -0.4 is 19.5 Å². The Kier molecular flexibility index (Phi) is 6.78. The van der Waals surface area contributed by atoms with Crippen LogP contribution in [-0.4, -0.2) is 38.0 Å². The number of hydrogen-bond donors (Lipinski definition) is 1. The van der Waals surface area contributed by atoms with Gasteiger partial charge in [0, 0.05) is 24.0 Å². The number of benzene rings is 1. The zero-order chi connectivity index (χ0) is 20.0. The molecule has 2 aromatic rings. The van der Waals surface area contributed by atoms with Gasteiger partial charge in [0.05, 0.1) is 37.7 Å². The standard InChI is InChI=1S/C17H17F3N2O4S/c1-24-12-6-11(7-13(25-2)16(12)26-3)22-14(23)9-27-15-5-4-10(8-21-15)17(18,19)20/h4-8H,9H2,1-3H3,(H,22,23). The fraction of sp³-hybridized carbons (Fsp3) is 0.294. The molecule has 0 bridgehead atoms. The first-order valence-corrected chi connectivity index (χ1v) is 8.53. The Hall–Kier alpha value is -2.62. The van der Waals surface area contributed by atoms with Crippen LogP contribution in [0.3, 0.4) is 0 Å². The molecule has 0 spiro atoms. The third-order valence-electron chi connectivity index (χ3n) is 3.36. The number of halogens is 3. The lowest BCUT2D eigenvalue weighted by Gasteiger charge is -2.14. The molecule has 0 atom stereocenters. The second-order valence-electron chi connectivity index (χ2n) is 5.13. The van der Waals surface area contributed by atoms with E-state index in [4.69, 9.17) is 14.2 Å². The number of anilines is 1. The van der Waals surface area contributed by atoms with Crippen molar-refractivity contribution in [2.24, 2.45) is 0 Å². The highest BCUT2D eigenvalue weighted by atomic mass is 32.2. The topological polar surface area (TPSA) is 69.7 Å². The molecule has 6 nitrogen and oxygen atoms in total. The van der Waals surface area contributed by atoms with Gasteiger partial charge in [0.15, 0.2) is 11.5 Å². The summed E-state index contributed by atoms with van der Waals surface area (Å²) in [7, 11) is 4.37. The molecular weight excluding hydrogens is 385 g/mol. The molecule has 2 rings (SSSR count). The van der Waals surface area contributed by atoms with Crippen LogP contribution in [0.5, 0.6) is 17.2 Å². The minimum Gasteiger partial charge on any atom is -0.493 e. The van der Waals surface area contributed by atoms with E-state index in [-0.39, 0.29) is 11.7 Å². The van der Waals surface area contributed by atoms with Gasteiger partial charge in [-0.15, -0.1) is 0 Å². The molecule has 0 unspecified atom stereocenters. The largest absolute Gasteiger partial charge is 0.493 e. The number of rotatable bonds is 7. The predicted octanol–water partition coefficient (Wildman–Crippen LogP) is 3.86. The molecule has 1 heterocycles. The summed E-state index contributed by atoms with van der Waals surface area (Å²) in [5, 5.41) is 2.97. The van der Waals surface area contributed by atoms with Gasteiger partial charge in [-0.05, 0) is 12.1 Å². The van der Waals surface area contributed by atoms with Crippen molar-refractivity contribution < 1.29 is 32.2 Å². The zero-order valence-corrected chi connectivity index (χ0v) is 15.5. The van der Waals surface area contributed by atoms with Crippen molar-refractivity contribution in [1.29, 1.82) is 0 Å². The lowest BCUT2D eigenvalue weighted by Crippen LogP contribution is -2.14. The maximum atomic E-state index is 12.5. The van der Waals surface area contributed by atoms with Gasteiger partial charge in [0.25, 0.3) is 0 Å². The fourth-order valence-electron chi connectivity index (χ4n) is 2.12. The van der Waals surface area contributed by atoms with E-state index in [2.05, 4.69) is 10.3 Å². The van der Waals surface area contributed by atoms with E-state index in [1.165, 1.54) is 27.4 Å². The van der Waals surface area contributed by atoms with Gasteiger partial charge in [-0.25, -0.2) is 4.98 Å². The molecule has 0 aliphatic rings. The molecule has 10 heteroatoms. The Bertz CT molecular complexity index is 773. The normalized spacial score (nSPS) is 11.0. The molecule has 0 saturated carbocycles. The van der Waals surface area contributed by atoms with Crippen molar-refractivity contribution >= 4 is 23.4 Å². The third-order valence-corrected chi connectivity index (χ3v) is 4.31. The van der Waals surface area contributed by atoms with Crippen molar-refractivity contribution in [1.82, 2.24) is 4.98 Å². The molecule has 0 radical (unpaired) electrons. The summed E-state index contributed by atoms with van der Waals surface area (Å²) < 4.78 is 53.2. The van der Waals surface area contributed by atoms with Crippen LogP contribution in [0.2, 0.25) is 0 Å². The van der Waals surface area contributed by atoms with Crippen LogP contribution in [-0.2, 0) is 11.0 Å². The Morgan fingerprint density at radius 2 is 1.74 bits per heavy atom. The first-order chi connectivity index (χ1) is 12.8. The van der Waals surface area contributed by atoms with Crippen LogP contribution >= 0.6 is 11.8 Å². The van der Waals surface area contributed by atoms with E-state index in [1.807, 2.05) is 0 Å². The van der Waals surface area contributed by atoms with Crippen molar-refractivity contribution in [2.45, 2.75) is 11.2 Å². The number of ether oxygens (including phenoxy) is 3. The van der Waals surface area contributed by atoms with Gasteiger partial charge in [0.2, 0.25) is 11.7 Å². The summed E-state index contributed by atoms with van der Waals surface area (Å²) in [5.41, 5.74) is -0.413. The average molecular weight is 402 g/mol. The molecule has 1 aromatic carbocycles. The molecule has 0 aliphatic heterocycles. The number of carbonyl (C=O) groups excluding carboxylic acids is 1. The molecule has 0 fully saturated rings. The zero-order valence-electron chi connectivity index (χ0n) is 14.7. The minimum atomic E-state index is -4.44. The monoisotopic (exact) mass is 402 g/mol. The number of amides is 1. The van der Waals surface area contributed by atoms with E-state index in [9.17, 15) is 18.0 Å². The summed E-state index contributed by atoms with van der Waals surface area (Å²) in [6.07, 6.45) is -3.71. The van der Waals surface area contributed by atoms with Gasteiger partial charge in [-0.3, -0.25) is 4.79 Å². The SMILES string of the molecule is COc1cc(NC(=O)CSc2ccc(C(F)(F)F)cn2)cc(OC)c1OC. The molecule has 27 heavy (non-hydrogen) atoms. The van der Waals surface area contributed by atoms with Crippen molar-refractivity contribution in [3.05, 3.63) is 36.0 Å². The number of alkyl halides is 3. The Balaban J connectivity index is 2.01. The highest BCUT2D eigenvalue weighted by molar-refractivity contribution is 7.99. The van der Waals surface area contributed by atoms with Crippen molar-refractivity contribution in [3.8, 4) is 17.2 Å². The Morgan fingerprint density at radius 1 is 1.11 bits per heavy atom. The molecule has 1 amide bonds. The van der Waals surface area contributed by atoms with Crippen molar-refractivity contribution in [3.63, 3.8) is 0 Å². The number of thioether (sulfide) groups is 1. The maximum Gasteiger partial charge on any atom is 0.417 e. The molecule has 0 saturated heterocycles. The van der Waals surface area contributed by atoms with Gasteiger partial charge in [-0.1, -0.05) is 11.8 Å². The van der Waals surface area contributed by atoms with E-state index in [1.54, 1.807) is 12.1 Å². The highest BCUT2D eigenvalue weighted by Gasteiger charge is 2.30. The molecule has 1 N–H and O–H groups in total. The van der Waals surface area contributed by atoms with Gasteiger partial charge in [-0.2, -0.15) is 13.2 Å². The maximum absolute atomic E-state index is 12.5. The quantitative estimate of drug-likeness (QED) is 0.710. The smallest absolute Gasteiger partial charge is 0.417 e. The number of methoxy groups -OCH3 is 3. The van der Waals surface area contributed by atoms with Gasteiger partial charge >= 0.3 is 6.18 Å². The first kappa shape index (κ1) is 20.7. The van der Waals surface area contributed by atoms with Crippen LogP contribution in [0.15, 0.2) is 35.5 Å². The van der Waals surface area contributed by atoms with E-state index in [0.29, 0.717) is 28.0 Å². The number of pyridine rings is 1. The summed E-state index contributed by atoms with van der Waals surface area (Å²) >= 11 is 1.02. The minimum absolute atomic E-state index is 0.0327. The Labute approximate surface area is 158 Å². The van der Waals surface area contributed by atoms with E-state index < -0.39 is 11.7 Å². The summed E-state index contributed by atoms with van der Waals surface area (Å²) in [6.45, 7) is 0. The second kappa shape index (κ2) is 8.85. The fourth-order valence-corrected chi connectivity index (χ4v) is 2.77. The second-order valence-corrected chi connectivity index (χ2v) is 6.13. The Morgan fingerprint density at radius 3 is 2.19 bits per heavy atom. The summed E-state index contributed by atoms with van der Waals surface area (Å²) in [5.74, 6) is 0.750. The molecule has 0 aliphatic carbocycles. The number of nitrogens with one attached hydrogen (secondary N) is 1. The molecular formula is C17H17F3N2O4S. The number of nitrogens with zero attached hydrogens (tertiary/aromatic N) is 1. The number of hydrogen-bond acceptors (Lipinski definition) is 6. The van der Waals surface area contributed by atoms with E-state index >= 15 is 0 Å². The highest BCUT2D eigenvalue weighted by Crippen LogP contribution is 2.40.